The number of pyridine rings is 1. The number of carbonyl (C=O) groups excluding carboxylic acids is 1. The second-order valence-corrected chi connectivity index (χ2v) is 7.90. The molecule has 0 spiro atoms. The fourth-order valence-electron chi connectivity index (χ4n) is 3.67. The van der Waals surface area contributed by atoms with E-state index in [4.69, 9.17) is 4.74 Å². The zero-order valence-corrected chi connectivity index (χ0v) is 18.7. The fourth-order valence-corrected chi connectivity index (χ4v) is 3.67. The maximum atomic E-state index is 12.5. The van der Waals surface area contributed by atoms with Gasteiger partial charge in [0, 0.05) is 63.9 Å². The molecule has 1 aliphatic heterocycles. The van der Waals surface area contributed by atoms with Crippen molar-refractivity contribution in [1.82, 2.24) is 24.8 Å². The fraction of sp³-hybridized carbons (Fsp3) is 0.375. The molecule has 0 aliphatic carbocycles. The number of anilines is 1. The number of amides is 1. The van der Waals surface area contributed by atoms with E-state index in [9.17, 15) is 4.79 Å². The van der Waals surface area contributed by atoms with Crippen LogP contribution in [0.2, 0.25) is 0 Å². The molecule has 1 aliphatic rings. The molecule has 1 saturated heterocycles. The van der Waals surface area contributed by atoms with Gasteiger partial charge in [-0.05, 0) is 42.4 Å². The van der Waals surface area contributed by atoms with Gasteiger partial charge in [0.1, 0.15) is 24.0 Å². The quantitative estimate of drug-likeness (QED) is 0.587. The van der Waals surface area contributed by atoms with Gasteiger partial charge in [-0.15, -0.1) is 0 Å². The minimum Gasteiger partial charge on any atom is -0.486 e. The number of aromatic nitrogens is 3. The molecule has 1 fully saturated rings. The number of rotatable bonds is 8. The van der Waals surface area contributed by atoms with E-state index in [2.05, 4.69) is 32.0 Å². The second-order valence-electron chi connectivity index (χ2n) is 7.90. The molecule has 8 nitrogen and oxygen atoms in total. The average Bonchev–Trinajstić information content (AvgIpc) is 3.26. The molecule has 32 heavy (non-hydrogen) atoms. The van der Waals surface area contributed by atoms with Gasteiger partial charge in [0.05, 0.1) is 0 Å². The lowest BCUT2D eigenvalue weighted by Crippen LogP contribution is -2.46. The molecule has 3 aromatic rings. The van der Waals surface area contributed by atoms with Crippen LogP contribution in [0.5, 0.6) is 5.75 Å². The SMILES string of the molecule is CCN1CCN(c2ccc(CNC(=O)c3ccc(OCc4nccn4C)cc3)cn2)CC1. The van der Waals surface area contributed by atoms with Gasteiger partial charge in [0.25, 0.3) is 5.91 Å². The summed E-state index contributed by atoms with van der Waals surface area (Å²) in [5, 5.41) is 2.96. The molecular weight excluding hydrogens is 404 g/mol. The average molecular weight is 435 g/mol. The van der Waals surface area contributed by atoms with Crippen LogP contribution in [0.3, 0.4) is 0 Å². The number of aryl methyl sites for hydroxylation is 1. The largest absolute Gasteiger partial charge is 0.486 e. The molecule has 3 heterocycles. The van der Waals surface area contributed by atoms with Gasteiger partial charge >= 0.3 is 0 Å². The number of hydrogen-bond acceptors (Lipinski definition) is 6. The van der Waals surface area contributed by atoms with Crippen LogP contribution >= 0.6 is 0 Å². The molecule has 0 saturated carbocycles. The van der Waals surface area contributed by atoms with E-state index in [1.54, 1.807) is 30.5 Å². The summed E-state index contributed by atoms with van der Waals surface area (Å²) in [4.78, 5) is 26.1. The van der Waals surface area contributed by atoms with Crippen LogP contribution in [0.15, 0.2) is 55.0 Å². The van der Waals surface area contributed by atoms with Crippen molar-refractivity contribution in [2.24, 2.45) is 7.05 Å². The molecule has 1 amide bonds. The molecule has 0 bridgehead atoms. The molecule has 8 heteroatoms. The Hall–Kier alpha value is -3.39. The zero-order chi connectivity index (χ0) is 22.3. The highest BCUT2D eigenvalue weighted by Gasteiger charge is 2.16. The molecule has 1 N–H and O–H groups in total. The van der Waals surface area contributed by atoms with Crippen molar-refractivity contribution in [2.75, 3.05) is 37.6 Å². The number of carbonyl (C=O) groups is 1. The molecule has 4 rings (SSSR count). The van der Waals surface area contributed by atoms with Gasteiger partial charge in [-0.1, -0.05) is 13.0 Å². The Morgan fingerprint density at radius 1 is 1.06 bits per heavy atom. The predicted octanol–water partition coefficient (Wildman–Crippen LogP) is 2.47. The predicted molar refractivity (Wildman–Crippen MR) is 124 cm³/mol. The van der Waals surface area contributed by atoms with Crippen LogP contribution in [-0.2, 0) is 20.2 Å². The minimum atomic E-state index is -0.125. The molecular formula is C24H30N6O2. The molecule has 0 atom stereocenters. The lowest BCUT2D eigenvalue weighted by molar-refractivity contribution is 0.0951. The third kappa shape index (κ3) is 5.45. The van der Waals surface area contributed by atoms with Crippen molar-refractivity contribution >= 4 is 11.7 Å². The summed E-state index contributed by atoms with van der Waals surface area (Å²) >= 11 is 0. The van der Waals surface area contributed by atoms with Crippen molar-refractivity contribution in [1.29, 1.82) is 0 Å². The number of imidazole rings is 1. The highest BCUT2D eigenvalue weighted by Crippen LogP contribution is 2.15. The number of likely N-dealkylation sites (N-methyl/N-ethyl adjacent to an activating group) is 1. The van der Waals surface area contributed by atoms with Gasteiger partial charge in [-0.25, -0.2) is 9.97 Å². The van der Waals surface area contributed by atoms with Crippen LogP contribution in [-0.4, -0.2) is 58.1 Å². The Morgan fingerprint density at radius 2 is 1.84 bits per heavy atom. The molecule has 2 aromatic heterocycles. The van der Waals surface area contributed by atoms with Crippen molar-refractivity contribution in [3.8, 4) is 5.75 Å². The summed E-state index contributed by atoms with van der Waals surface area (Å²) in [5.74, 6) is 2.41. The van der Waals surface area contributed by atoms with Gasteiger partial charge in [-0.3, -0.25) is 4.79 Å². The van der Waals surface area contributed by atoms with E-state index < -0.39 is 0 Å². The summed E-state index contributed by atoms with van der Waals surface area (Å²) in [7, 11) is 1.93. The third-order valence-corrected chi connectivity index (χ3v) is 5.81. The standard InChI is InChI=1S/C24H30N6O2/c1-3-29-12-14-30(15-13-29)22-9-4-19(16-26-22)17-27-24(31)20-5-7-21(8-6-20)32-18-23-25-10-11-28(23)2/h4-11,16H,3,12-15,17-18H2,1-2H3,(H,27,31). The smallest absolute Gasteiger partial charge is 0.251 e. The summed E-state index contributed by atoms with van der Waals surface area (Å²) < 4.78 is 7.65. The highest BCUT2D eigenvalue weighted by atomic mass is 16.5. The molecule has 0 unspecified atom stereocenters. The van der Waals surface area contributed by atoms with Crippen molar-refractivity contribution < 1.29 is 9.53 Å². The second kappa shape index (κ2) is 10.3. The Kier molecular flexibility index (Phi) is 7.01. The van der Waals surface area contributed by atoms with Crippen LogP contribution in [0.4, 0.5) is 5.82 Å². The van der Waals surface area contributed by atoms with Gasteiger partial charge in [0.15, 0.2) is 0 Å². The lowest BCUT2D eigenvalue weighted by Gasteiger charge is -2.34. The van der Waals surface area contributed by atoms with Gasteiger partial charge in [-0.2, -0.15) is 0 Å². The van der Waals surface area contributed by atoms with Crippen molar-refractivity contribution in [2.45, 2.75) is 20.1 Å². The molecule has 1 aromatic carbocycles. The van der Waals surface area contributed by atoms with E-state index in [1.807, 2.05) is 36.1 Å². The third-order valence-electron chi connectivity index (χ3n) is 5.81. The first-order valence-electron chi connectivity index (χ1n) is 11.0. The van der Waals surface area contributed by atoms with E-state index in [0.29, 0.717) is 24.5 Å². The summed E-state index contributed by atoms with van der Waals surface area (Å²) in [6.45, 7) is 8.26. The number of benzene rings is 1. The summed E-state index contributed by atoms with van der Waals surface area (Å²) in [6.07, 6.45) is 5.46. The van der Waals surface area contributed by atoms with E-state index in [1.165, 1.54) is 0 Å². The monoisotopic (exact) mass is 434 g/mol. The van der Waals surface area contributed by atoms with Crippen LogP contribution in [0, 0.1) is 0 Å². The van der Waals surface area contributed by atoms with Crippen LogP contribution < -0.4 is 15.0 Å². The topological polar surface area (TPSA) is 75.5 Å². The maximum Gasteiger partial charge on any atom is 0.251 e. The zero-order valence-electron chi connectivity index (χ0n) is 18.7. The maximum absolute atomic E-state index is 12.5. The Bertz CT molecular complexity index is 1010. The van der Waals surface area contributed by atoms with Crippen LogP contribution in [0.25, 0.3) is 0 Å². The first-order valence-corrected chi connectivity index (χ1v) is 11.0. The summed E-state index contributed by atoms with van der Waals surface area (Å²) in [5.41, 5.74) is 1.57. The Balaban J connectivity index is 1.25. The van der Waals surface area contributed by atoms with Crippen molar-refractivity contribution in [3.05, 3.63) is 71.9 Å². The first-order chi connectivity index (χ1) is 15.6. The van der Waals surface area contributed by atoms with E-state index in [0.717, 1.165) is 49.9 Å². The number of piperazine rings is 1. The Labute approximate surface area is 188 Å². The summed E-state index contributed by atoms with van der Waals surface area (Å²) in [6, 6.07) is 11.2. The van der Waals surface area contributed by atoms with Crippen molar-refractivity contribution in [3.63, 3.8) is 0 Å². The van der Waals surface area contributed by atoms with Gasteiger partial charge in [0.2, 0.25) is 0 Å². The van der Waals surface area contributed by atoms with E-state index >= 15 is 0 Å². The number of nitrogens with one attached hydrogen (secondary N) is 1. The number of nitrogens with zero attached hydrogens (tertiary/aromatic N) is 5. The normalized spacial score (nSPS) is 14.4. The van der Waals surface area contributed by atoms with E-state index in [-0.39, 0.29) is 5.91 Å². The van der Waals surface area contributed by atoms with Gasteiger partial charge < -0.3 is 24.4 Å². The number of ether oxygens (including phenoxy) is 1. The molecule has 0 radical (unpaired) electrons. The molecule has 168 valence electrons. The van der Waals surface area contributed by atoms with Crippen LogP contribution in [0.1, 0.15) is 28.7 Å². The lowest BCUT2D eigenvalue weighted by atomic mass is 10.2. The highest BCUT2D eigenvalue weighted by molar-refractivity contribution is 5.94. The first kappa shape index (κ1) is 21.8. The number of hydrogen-bond donors (Lipinski definition) is 1. The minimum absolute atomic E-state index is 0.125. The Morgan fingerprint density at radius 3 is 2.47 bits per heavy atom.